The second-order valence-electron chi connectivity index (χ2n) is 2.76. The van der Waals surface area contributed by atoms with Gasteiger partial charge in [0.1, 0.15) is 4.90 Å². The van der Waals surface area contributed by atoms with Gasteiger partial charge in [0.15, 0.2) is 0 Å². The van der Waals surface area contributed by atoms with Gasteiger partial charge in [-0.15, -0.1) is 0 Å². The minimum atomic E-state index is -4.78. The van der Waals surface area contributed by atoms with Gasteiger partial charge in [0, 0.05) is 0 Å². The molecule has 0 saturated heterocycles. The van der Waals surface area contributed by atoms with Crippen molar-refractivity contribution in [2.24, 2.45) is 0 Å². The molecule has 0 heterocycles. The van der Waals surface area contributed by atoms with Crippen LogP contribution in [-0.2, 0) is 29.6 Å². The summed E-state index contributed by atoms with van der Waals surface area (Å²) in [6.07, 6.45) is 0. The first-order chi connectivity index (χ1) is 7.25. The molecule has 0 bridgehead atoms. The van der Waals surface area contributed by atoms with Crippen molar-refractivity contribution in [2.75, 3.05) is 0 Å². The number of carbonyl (C=O) groups is 2. The molecule has 9 heteroatoms. The molecule has 0 spiro atoms. The molecule has 7 nitrogen and oxygen atoms in total. The molecule has 0 amide bonds. The summed E-state index contributed by atoms with van der Waals surface area (Å²) >= 11 is 0. The van der Waals surface area contributed by atoms with Gasteiger partial charge in [-0.2, -0.15) is 8.42 Å². The van der Waals surface area contributed by atoms with Crippen molar-refractivity contribution in [3.05, 3.63) is 44.2 Å². The van der Waals surface area contributed by atoms with Crippen LogP contribution in [0.15, 0.2) is 23.1 Å². The van der Waals surface area contributed by atoms with Crippen molar-refractivity contribution in [1.82, 2.24) is 0 Å². The van der Waals surface area contributed by atoms with E-state index in [9.17, 15) is 18.0 Å². The number of carboxylic acid groups (broad SMARTS) is 2. The van der Waals surface area contributed by atoms with Gasteiger partial charge in [0.25, 0.3) is 10.1 Å². The van der Waals surface area contributed by atoms with Crippen LogP contribution in [0.3, 0.4) is 0 Å². The Hall–Kier alpha value is -1.31. The maximum absolute atomic E-state index is 10.8. The molecule has 0 fully saturated rings. The Bertz CT molecular complexity index is 565. The standard InChI is InChI=1S/C8H6O7S.2CH3.Zn/c9-7(10)4-2-1-3-5(16(13,14)15)6(4)8(11)12;;;/h1-3H,(H,9,10)(H,11,12)(H,13,14,15);2*1H3;/q;2*-1;+2. The molecule has 0 aliphatic rings. The normalized spacial score (nSPS) is 9.32. The maximum atomic E-state index is 10.8. The van der Waals surface area contributed by atoms with Crippen LogP contribution in [0.1, 0.15) is 20.7 Å². The van der Waals surface area contributed by atoms with E-state index < -0.39 is 38.1 Å². The van der Waals surface area contributed by atoms with Gasteiger partial charge in [0.2, 0.25) is 0 Å². The molecule has 0 atom stereocenters. The van der Waals surface area contributed by atoms with Crippen molar-refractivity contribution in [3.63, 3.8) is 0 Å². The predicted octanol–water partition coefficient (Wildman–Crippen LogP) is 1.23. The first-order valence-corrected chi connectivity index (χ1v) is 5.26. The molecular formula is C10H12O7SZn. The van der Waals surface area contributed by atoms with Crippen LogP contribution in [0.2, 0.25) is 0 Å². The number of carboxylic acids is 2. The third kappa shape index (κ3) is 5.06. The topological polar surface area (TPSA) is 129 Å². The van der Waals surface area contributed by atoms with E-state index in [4.69, 9.17) is 14.8 Å². The number of benzene rings is 1. The van der Waals surface area contributed by atoms with E-state index in [0.717, 1.165) is 18.2 Å². The van der Waals surface area contributed by atoms with Crippen molar-refractivity contribution in [3.8, 4) is 0 Å². The molecule has 0 unspecified atom stereocenters. The Balaban J connectivity index is -0.000000853. The van der Waals surface area contributed by atoms with Gasteiger partial charge in [-0.1, -0.05) is 6.07 Å². The average Bonchev–Trinajstić information content (AvgIpc) is 2.14. The molecule has 0 aromatic heterocycles. The average molecular weight is 342 g/mol. The zero-order valence-corrected chi connectivity index (χ0v) is 14.1. The fourth-order valence-electron chi connectivity index (χ4n) is 1.14. The van der Waals surface area contributed by atoms with Crippen LogP contribution in [0, 0.1) is 14.9 Å². The van der Waals surface area contributed by atoms with Crippen LogP contribution >= 0.6 is 0 Å². The Labute approximate surface area is 123 Å². The van der Waals surface area contributed by atoms with Crippen molar-refractivity contribution in [1.29, 1.82) is 0 Å². The second kappa shape index (κ2) is 7.98. The minimum absolute atomic E-state index is 0. The molecule has 0 aliphatic carbocycles. The maximum Gasteiger partial charge on any atom is 2.00 e. The molecule has 1 rings (SSSR count). The van der Waals surface area contributed by atoms with Crippen LogP contribution in [0.25, 0.3) is 0 Å². The summed E-state index contributed by atoms with van der Waals surface area (Å²) in [5, 5.41) is 17.4. The van der Waals surface area contributed by atoms with E-state index in [-0.39, 0.29) is 34.3 Å². The van der Waals surface area contributed by atoms with Crippen LogP contribution in [-0.4, -0.2) is 35.1 Å². The van der Waals surface area contributed by atoms with Crippen LogP contribution in [0.4, 0.5) is 0 Å². The molecule has 0 aliphatic heterocycles. The Morgan fingerprint density at radius 1 is 1.00 bits per heavy atom. The molecule has 1 aromatic rings. The number of hydrogen-bond donors (Lipinski definition) is 3. The molecule has 0 radical (unpaired) electrons. The van der Waals surface area contributed by atoms with Crippen LogP contribution < -0.4 is 0 Å². The van der Waals surface area contributed by atoms with Gasteiger partial charge in [-0.3, -0.25) is 4.55 Å². The number of rotatable bonds is 3. The largest absolute Gasteiger partial charge is 2.00 e. The molecule has 1 aromatic carbocycles. The number of hydrogen-bond acceptors (Lipinski definition) is 4. The van der Waals surface area contributed by atoms with E-state index >= 15 is 0 Å². The van der Waals surface area contributed by atoms with Crippen molar-refractivity contribution in [2.45, 2.75) is 4.90 Å². The van der Waals surface area contributed by atoms with Crippen molar-refractivity contribution >= 4 is 22.1 Å². The summed E-state index contributed by atoms with van der Waals surface area (Å²) in [5.74, 6) is -3.34. The Morgan fingerprint density at radius 2 is 1.47 bits per heavy atom. The molecule has 102 valence electrons. The van der Waals surface area contributed by atoms with Gasteiger partial charge in [0.05, 0.1) is 11.1 Å². The van der Waals surface area contributed by atoms with Crippen molar-refractivity contribution < 1.29 is 52.3 Å². The molecule has 19 heavy (non-hydrogen) atoms. The monoisotopic (exact) mass is 340 g/mol. The zero-order chi connectivity index (χ0) is 12.5. The third-order valence-electron chi connectivity index (χ3n) is 1.75. The Kier molecular flexibility index (Phi) is 9.60. The van der Waals surface area contributed by atoms with Gasteiger partial charge in [-0.05, 0) is 12.1 Å². The third-order valence-corrected chi connectivity index (χ3v) is 2.64. The van der Waals surface area contributed by atoms with Crippen LogP contribution in [0.5, 0.6) is 0 Å². The Morgan fingerprint density at radius 3 is 1.79 bits per heavy atom. The van der Waals surface area contributed by atoms with Gasteiger partial charge in [-0.25, -0.2) is 9.59 Å². The van der Waals surface area contributed by atoms with E-state index in [0.29, 0.717) is 0 Å². The van der Waals surface area contributed by atoms with Gasteiger partial charge < -0.3 is 25.1 Å². The first kappa shape index (κ1) is 22.8. The minimum Gasteiger partial charge on any atom is -0.478 e. The summed E-state index contributed by atoms with van der Waals surface area (Å²) in [4.78, 5) is 20.5. The second-order valence-corrected chi connectivity index (χ2v) is 4.15. The summed E-state index contributed by atoms with van der Waals surface area (Å²) in [5.41, 5.74) is -1.67. The molecule has 0 saturated carbocycles. The SMILES string of the molecule is O=C(O)c1cccc(S(=O)(=O)O)c1C(=O)O.[CH3-].[CH3-].[Zn+2]. The summed E-state index contributed by atoms with van der Waals surface area (Å²) in [6.45, 7) is 0. The molecular weight excluding hydrogens is 330 g/mol. The van der Waals surface area contributed by atoms with E-state index in [1.165, 1.54) is 0 Å². The zero-order valence-electron chi connectivity index (χ0n) is 10.3. The van der Waals surface area contributed by atoms with Gasteiger partial charge >= 0.3 is 31.4 Å². The summed E-state index contributed by atoms with van der Waals surface area (Å²) in [7, 11) is -4.78. The molecule has 3 N–H and O–H groups in total. The smallest absolute Gasteiger partial charge is 0.478 e. The fraction of sp³-hybridized carbons (Fsp3) is 0. The fourth-order valence-corrected chi connectivity index (χ4v) is 1.85. The summed E-state index contributed by atoms with van der Waals surface area (Å²) in [6, 6.07) is 2.77. The predicted molar refractivity (Wildman–Crippen MR) is 63.0 cm³/mol. The van der Waals surface area contributed by atoms with E-state index in [2.05, 4.69) is 0 Å². The first-order valence-electron chi connectivity index (χ1n) is 3.82. The summed E-state index contributed by atoms with van der Waals surface area (Å²) < 4.78 is 30.4. The quantitative estimate of drug-likeness (QED) is 0.428. The van der Waals surface area contributed by atoms with E-state index in [1.54, 1.807) is 0 Å². The van der Waals surface area contributed by atoms with E-state index in [1.807, 2.05) is 0 Å². The number of aromatic carboxylic acids is 2.